The zero-order valence-electron chi connectivity index (χ0n) is 24.8. The Morgan fingerprint density at radius 3 is 2.09 bits per heavy atom. The maximum Gasteiger partial charge on any atom is 0.343 e. The highest BCUT2D eigenvalue weighted by molar-refractivity contribution is 5.99. The number of hydrogen-bond donors (Lipinski definition) is 0. The minimum Gasteiger partial charge on any atom is -0.423 e. The Hall–Kier alpha value is -5.15. The van der Waals surface area contributed by atoms with Gasteiger partial charge < -0.3 is 9.64 Å². The lowest BCUT2D eigenvalue weighted by Crippen LogP contribution is -2.12. The van der Waals surface area contributed by atoms with Gasteiger partial charge in [-0.3, -0.25) is 0 Å². The van der Waals surface area contributed by atoms with Crippen LogP contribution in [0.1, 0.15) is 48.2 Å². The molecule has 0 N–H and O–H groups in total. The Balaban J connectivity index is 1.25. The van der Waals surface area contributed by atoms with Crippen molar-refractivity contribution in [2.45, 2.75) is 33.1 Å². The van der Waals surface area contributed by atoms with Gasteiger partial charge >= 0.3 is 5.97 Å². The first kappa shape index (κ1) is 28.0. The Bertz CT molecular complexity index is 1850. The zero-order valence-corrected chi connectivity index (χ0v) is 24.8. The molecule has 0 amide bonds. The first-order chi connectivity index (χ1) is 21.0. The summed E-state index contributed by atoms with van der Waals surface area (Å²) in [7, 11) is 0. The number of fused-ring (bicyclic) bond motifs is 1. The van der Waals surface area contributed by atoms with Crippen LogP contribution in [0.15, 0.2) is 140 Å². The van der Waals surface area contributed by atoms with Crippen LogP contribution in [-0.4, -0.2) is 5.97 Å². The predicted octanol–water partition coefficient (Wildman–Crippen LogP) is 10.9. The summed E-state index contributed by atoms with van der Waals surface area (Å²) in [5.74, 6) is 0.604. The minimum atomic E-state index is -0.383. The molecule has 6 aromatic rings. The van der Waals surface area contributed by atoms with Crippen LogP contribution in [0.2, 0.25) is 0 Å². The molecule has 0 aliphatic rings. The van der Waals surface area contributed by atoms with Gasteiger partial charge in [0.15, 0.2) is 0 Å². The molecule has 6 rings (SSSR count). The molecule has 43 heavy (non-hydrogen) atoms. The van der Waals surface area contributed by atoms with Gasteiger partial charge in [0.25, 0.3) is 0 Å². The lowest BCUT2D eigenvalue weighted by molar-refractivity contribution is 0.0735. The average Bonchev–Trinajstić information content (AvgIpc) is 3.06. The number of aryl methyl sites for hydroxylation is 1. The third-order valence-corrected chi connectivity index (χ3v) is 7.94. The van der Waals surface area contributed by atoms with Crippen LogP contribution in [0.25, 0.3) is 21.9 Å². The number of ether oxygens (including phenoxy) is 1. The van der Waals surface area contributed by atoms with Crippen molar-refractivity contribution in [3.05, 3.63) is 156 Å². The second-order valence-electron chi connectivity index (χ2n) is 11.1. The Kier molecular flexibility index (Phi) is 8.06. The van der Waals surface area contributed by atoms with E-state index in [1.54, 1.807) is 0 Å². The van der Waals surface area contributed by atoms with Gasteiger partial charge in [0.2, 0.25) is 0 Å². The molecule has 0 heterocycles. The summed E-state index contributed by atoms with van der Waals surface area (Å²) in [6, 6.07) is 47.1. The van der Waals surface area contributed by atoms with Gasteiger partial charge in [0, 0.05) is 16.8 Å². The maximum atomic E-state index is 13.1. The van der Waals surface area contributed by atoms with E-state index in [1.165, 1.54) is 22.1 Å². The average molecular weight is 562 g/mol. The molecule has 0 radical (unpaired) electrons. The molecule has 0 saturated heterocycles. The van der Waals surface area contributed by atoms with E-state index in [0.29, 0.717) is 17.2 Å². The molecule has 3 heteroatoms. The molecular formula is C40H35NO2. The molecule has 0 atom stereocenters. The van der Waals surface area contributed by atoms with Gasteiger partial charge in [-0.15, -0.1) is 0 Å². The number of rotatable bonds is 8. The number of para-hydroxylation sites is 1. The highest BCUT2D eigenvalue weighted by Crippen LogP contribution is 2.38. The SMILES string of the molecule is CCc1ccc(C(C)C)cc1-c1ccc(OC(=O)c2ccc(N(c3ccccc3)c3cccc4ccccc34)cc2)cc1. The van der Waals surface area contributed by atoms with Crippen LogP contribution in [0.3, 0.4) is 0 Å². The number of anilines is 3. The van der Waals surface area contributed by atoms with E-state index in [4.69, 9.17) is 4.74 Å². The van der Waals surface area contributed by atoms with Crippen molar-refractivity contribution < 1.29 is 9.53 Å². The van der Waals surface area contributed by atoms with E-state index in [-0.39, 0.29) is 5.97 Å². The normalized spacial score (nSPS) is 11.1. The number of esters is 1. The summed E-state index contributed by atoms with van der Waals surface area (Å²) in [6.07, 6.45) is 0.961. The van der Waals surface area contributed by atoms with Crippen molar-refractivity contribution in [1.82, 2.24) is 0 Å². The molecule has 0 spiro atoms. The third kappa shape index (κ3) is 5.93. The Morgan fingerprint density at radius 2 is 1.37 bits per heavy atom. The first-order valence-electron chi connectivity index (χ1n) is 14.9. The van der Waals surface area contributed by atoms with Gasteiger partial charge in [0.05, 0.1) is 11.3 Å². The van der Waals surface area contributed by atoms with Crippen molar-refractivity contribution in [3.8, 4) is 16.9 Å². The molecule has 0 aromatic heterocycles. The molecular weight excluding hydrogens is 526 g/mol. The maximum absolute atomic E-state index is 13.1. The van der Waals surface area contributed by atoms with Crippen molar-refractivity contribution >= 4 is 33.8 Å². The smallest absolute Gasteiger partial charge is 0.343 e. The van der Waals surface area contributed by atoms with Crippen LogP contribution >= 0.6 is 0 Å². The van der Waals surface area contributed by atoms with Crippen LogP contribution < -0.4 is 9.64 Å². The zero-order chi connectivity index (χ0) is 29.8. The number of carbonyl (C=O) groups is 1. The van der Waals surface area contributed by atoms with Crippen LogP contribution in [0.4, 0.5) is 17.1 Å². The summed E-state index contributed by atoms with van der Waals surface area (Å²) < 4.78 is 5.78. The van der Waals surface area contributed by atoms with Gasteiger partial charge in [-0.25, -0.2) is 4.79 Å². The number of nitrogens with zero attached hydrogens (tertiary/aromatic N) is 1. The van der Waals surface area contributed by atoms with E-state index < -0.39 is 0 Å². The molecule has 0 unspecified atom stereocenters. The molecule has 0 aliphatic carbocycles. The van der Waals surface area contributed by atoms with Gasteiger partial charge in [-0.2, -0.15) is 0 Å². The molecule has 3 nitrogen and oxygen atoms in total. The van der Waals surface area contributed by atoms with Crippen molar-refractivity contribution in [2.75, 3.05) is 4.90 Å². The molecule has 0 saturated carbocycles. The third-order valence-electron chi connectivity index (χ3n) is 7.94. The molecule has 0 aliphatic heterocycles. The van der Waals surface area contributed by atoms with Crippen molar-refractivity contribution in [2.24, 2.45) is 0 Å². The highest BCUT2D eigenvalue weighted by atomic mass is 16.5. The van der Waals surface area contributed by atoms with Crippen LogP contribution in [-0.2, 0) is 6.42 Å². The summed E-state index contributed by atoms with van der Waals surface area (Å²) in [6.45, 7) is 6.60. The first-order valence-corrected chi connectivity index (χ1v) is 14.9. The second kappa shape index (κ2) is 12.4. The summed E-state index contributed by atoms with van der Waals surface area (Å²) in [4.78, 5) is 15.4. The van der Waals surface area contributed by atoms with Gasteiger partial charge in [0.1, 0.15) is 5.75 Å². The monoisotopic (exact) mass is 561 g/mol. The van der Waals surface area contributed by atoms with E-state index >= 15 is 0 Å². The van der Waals surface area contributed by atoms with E-state index in [0.717, 1.165) is 34.4 Å². The fourth-order valence-electron chi connectivity index (χ4n) is 5.55. The lowest BCUT2D eigenvalue weighted by atomic mass is 9.92. The Morgan fingerprint density at radius 1 is 0.698 bits per heavy atom. The van der Waals surface area contributed by atoms with Crippen LogP contribution in [0.5, 0.6) is 5.75 Å². The number of hydrogen-bond acceptors (Lipinski definition) is 3. The fraction of sp³-hybridized carbons (Fsp3) is 0.125. The molecule has 6 aromatic carbocycles. The summed E-state index contributed by atoms with van der Waals surface area (Å²) >= 11 is 0. The highest BCUT2D eigenvalue weighted by Gasteiger charge is 2.17. The van der Waals surface area contributed by atoms with Crippen molar-refractivity contribution in [3.63, 3.8) is 0 Å². The lowest BCUT2D eigenvalue weighted by Gasteiger charge is -2.27. The van der Waals surface area contributed by atoms with Gasteiger partial charge in [-0.05, 0) is 94.6 Å². The number of carbonyl (C=O) groups excluding carboxylic acids is 1. The molecule has 0 fully saturated rings. The van der Waals surface area contributed by atoms with Gasteiger partial charge in [-0.1, -0.05) is 106 Å². The standard InChI is InChI=1S/C40H35NO2/c1-4-29-17-18-33(28(2)3)27-38(29)31-21-25-36(26-22-31)43-40(42)32-19-23-35(24-20-32)41(34-13-6-5-7-14-34)39-16-10-12-30-11-8-9-15-37(30)39/h5-28H,4H2,1-3H3. The van der Waals surface area contributed by atoms with E-state index in [2.05, 4.69) is 98.5 Å². The largest absolute Gasteiger partial charge is 0.423 e. The topological polar surface area (TPSA) is 29.5 Å². The number of benzene rings is 6. The van der Waals surface area contributed by atoms with E-state index in [1.807, 2.05) is 66.7 Å². The van der Waals surface area contributed by atoms with Crippen molar-refractivity contribution in [1.29, 1.82) is 0 Å². The molecule has 212 valence electrons. The summed E-state index contributed by atoms with van der Waals surface area (Å²) in [5.41, 5.74) is 8.55. The Labute approximate surface area is 254 Å². The fourth-order valence-corrected chi connectivity index (χ4v) is 5.55. The summed E-state index contributed by atoms with van der Waals surface area (Å²) in [5, 5.41) is 2.33. The van der Waals surface area contributed by atoms with Crippen LogP contribution in [0, 0.1) is 0 Å². The predicted molar refractivity (Wildman–Crippen MR) is 179 cm³/mol. The molecule has 0 bridgehead atoms. The minimum absolute atomic E-state index is 0.383. The second-order valence-corrected chi connectivity index (χ2v) is 11.1. The van der Waals surface area contributed by atoms with E-state index in [9.17, 15) is 4.79 Å². The quantitative estimate of drug-likeness (QED) is 0.137.